The van der Waals surface area contributed by atoms with Crippen molar-refractivity contribution in [2.24, 2.45) is 11.8 Å². The van der Waals surface area contributed by atoms with Crippen molar-refractivity contribution in [1.82, 2.24) is 30.2 Å². The molecular formula is C45H66Cl2N6O10. The molecule has 2 heterocycles. The molecule has 4 amide bonds. The number of alkyl carbamates (subject to hydrolysis) is 2. The SMILES string of the molecule is CC(C)[C@H](NC(=O)OC(C)(C)C)C(=O)N1CCN(Cc2ccc(Cl)cc2)[C@@H](C(=O)O)C1.COC(=O)[C@H]1CN(C(=O)[C@@H](NC(=O)OC(C)(C)C)C(C)C)CCN1Cc1ccc(Cl)cc1. The minimum Gasteiger partial charge on any atom is -0.480 e. The van der Waals surface area contributed by atoms with E-state index in [1.807, 2.05) is 61.8 Å². The Kier molecular flexibility index (Phi) is 19.5. The van der Waals surface area contributed by atoms with Gasteiger partial charge >= 0.3 is 24.1 Å². The van der Waals surface area contributed by atoms with Crippen LogP contribution in [0.1, 0.15) is 80.4 Å². The van der Waals surface area contributed by atoms with Gasteiger partial charge in [0.05, 0.1) is 7.11 Å². The van der Waals surface area contributed by atoms with Crippen LogP contribution < -0.4 is 10.6 Å². The summed E-state index contributed by atoms with van der Waals surface area (Å²) in [4.78, 5) is 82.3. The molecule has 0 radical (unpaired) electrons. The number of hydrogen-bond acceptors (Lipinski definition) is 11. The van der Waals surface area contributed by atoms with Crippen LogP contribution in [-0.2, 0) is 46.5 Å². The first kappa shape index (κ1) is 52.7. The molecule has 0 aromatic heterocycles. The molecule has 0 unspecified atom stereocenters. The number of benzene rings is 2. The zero-order valence-electron chi connectivity index (χ0n) is 38.4. The molecule has 2 saturated heterocycles. The largest absolute Gasteiger partial charge is 0.480 e. The lowest BCUT2D eigenvalue weighted by Gasteiger charge is -2.41. The molecular weight excluding hydrogens is 855 g/mol. The van der Waals surface area contributed by atoms with Crippen molar-refractivity contribution in [2.75, 3.05) is 46.4 Å². The van der Waals surface area contributed by atoms with E-state index in [9.17, 15) is 33.9 Å². The predicted octanol–water partition coefficient (Wildman–Crippen LogP) is 6.06. The summed E-state index contributed by atoms with van der Waals surface area (Å²) in [5.74, 6) is -2.29. The summed E-state index contributed by atoms with van der Waals surface area (Å²) < 4.78 is 15.6. The first-order chi connectivity index (χ1) is 29.3. The third kappa shape index (κ3) is 17.1. The summed E-state index contributed by atoms with van der Waals surface area (Å²) in [7, 11) is 1.34. The third-order valence-electron chi connectivity index (χ3n) is 10.2. The first-order valence-corrected chi connectivity index (χ1v) is 21.9. The molecule has 0 spiro atoms. The number of amides is 4. The molecule has 4 rings (SSSR count). The lowest BCUT2D eigenvalue weighted by molar-refractivity contribution is -0.153. The van der Waals surface area contributed by atoms with Crippen molar-refractivity contribution in [3.63, 3.8) is 0 Å². The minimum atomic E-state index is -0.993. The lowest BCUT2D eigenvalue weighted by atomic mass is 10.0. The number of halogens is 2. The minimum absolute atomic E-state index is 0.0426. The van der Waals surface area contributed by atoms with Crippen molar-refractivity contribution in [3.05, 3.63) is 69.7 Å². The zero-order valence-corrected chi connectivity index (χ0v) is 39.9. The van der Waals surface area contributed by atoms with Crippen LogP contribution in [0.25, 0.3) is 0 Å². The van der Waals surface area contributed by atoms with Crippen LogP contribution in [0.15, 0.2) is 48.5 Å². The number of ether oxygens (including phenoxy) is 3. The van der Waals surface area contributed by atoms with Gasteiger partial charge in [-0.15, -0.1) is 0 Å². The van der Waals surface area contributed by atoms with Crippen LogP contribution in [0.3, 0.4) is 0 Å². The van der Waals surface area contributed by atoms with Gasteiger partial charge in [0.1, 0.15) is 35.4 Å². The van der Waals surface area contributed by atoms with Gasteiger partial charge in [-0.3, -0.25) is 29.0 Å². The highest BCUT2D eigenvalue weighted by atomic mass is 35.5. The molecule has 2 aromatic carbocycles. The van der Waals surface area contributed by atoms with Gasteiger partial charge in [-0.05, 0) is 88.8 Å². The van der Waals surface area contributed by atoms with Crippen molar-refractivity contribution >= 4 is 59.1 Å². The van der Waals surface area contributed by atoms with Gasteiger partial charge in [0.2, 0.25) is 11.8 Å². The fourth-order valence-corrected chi connectivity index (χ4v) is 7.20. The van der Waals surface area contributed by atoms with E-state index >= 15 is 0 Å². The van der Waals surface area contributed by atoms with E-state index in [1.165, 1.54) is 12.0 Å². The van der Waals surface area contributed by atoms with Crippen molar-refractivity contribution in [1.29, 1.82) is 0 Å². The molecule has 16 nitrogen and oxygen atoms in total. The highest BCUT2D eigenvalue weighted by molar-refractivity contribution is 6.30. The maximum atomic E-state index is 13.3. The molecule has 18 heteroatoms. The topological polar surface area (TPSA) is 187 Å². The maximum Gasteiger partial charge on any atom is 0.408 e. The van der Waals surface area contributed by atoms with E-state index < -0.39 is 59.5 Å². The van der Waals surface area contributed by atoms with E-state index in [0.29, 0.717) is 49.3 Å². The van der Waals surface area contributed by atoms with Crippen LogP contribution in [-0.4, -0.2) is 142 Å². The number of nitrogens with one attached hydrogen (secondary N) is 2. The molecule has 2 fully saturated rings. The maximum absolute atomic E-state index is 13.3. The van der Waals surface area contributed by atoms with Crippen molar-refractivity contribution in [2.45, 2.75) is 118 Å². The average molecular weight is 922 g/mol. The number of hydrogen-bond donors (Lipinski definition) is 3. The first-order valence-electron chi connectivity index (χ1n) is 21.1. The number of carboxylic acid groups (broad SMARTS) is 1. The molecule has 0 bridgehead atoms. The van der Waals surface area contributed by atoms with Crippen LogP contribution >= 0.6 is 23.2 Å². The highest BCUT2D eigenvalue weighted by Gasteiger charge is 2.40. The summed E-state index contributed by atoms with van der Waals surface area (Å²) in [5.41, 5.74) is 0.602. The molecule has 4 atom stereocenters. The van der Waals surface area contributed by atoms with Gasteiger partial charge in [0.25, 0.3) is 0 Å². The standard InChI is InChI=1S/C23H34ClN3O5.C22H32ClN3O5/c1-15(2)19(25-22(30)32-23(3,4)5)20(28)27-12-11-26(18(14-27)21(29)31-6)13-16-7-9-17(24)10-8-16;1-14(2)18(24-21(30)31-22(3,4)5)19(27)26-11-10-25(17(13-26)20(28)29)12-15-6-8-16(23)9-7-15/h7-10,15,18-19H,11-14H2,1-6H3,(H,25,30);6-9,14,17-18H,10-13H2,1-5H3,(H,24,30)(H,28,29)/t18-,19+;17-,18+/m11/s1. The van der Waals surface area contributed by atoms with Gasteiger partial charge in [0, 0.05) is 62.4 Å². The average Bonchev–Trinajstić information content (AvgIpc) is 3.19. The van der Waals surface area contributed by atoms with E-state index in [-0.39, 0.29) is 36.7 Å². The molecule has 0 saturated carbocycles. The van der Waals surface area contributed by atoms with Crippen LogP contribution in [0.5, 0.6) is 0 Å². The summed E-state index contributed by atoms with van der Waals surface area (Å²) in [5, 5.41) is 16.4. The molecule has 3 N–H and O–H groups in total. The number of carboxylic acids is 1. The Balaban J connectivity index is 0.000000335. The Morgan fingerprint density at radius 3 is 1.30 bits per heavy atom. The van der Waals surface area contributed by atoms with E-state index in [0.717, 1.165) is 11.1 Å². The second-order valence-electron chi connectivity index (χ2n) is 18.4. The van der Waals surface area contributed by atoms with Crippen LogP contribution in [0, 0.1) is 11.8 Å². The number of carbonyl (C=O) groups is 6. The van der Waals surface area contributed by atoms with E-state index in [1.54, 1.807) is 70.7 Å². The van der Waals surface area contributed by atoms with Crippen LogP contribution in [0.4, 0.5) is 9.59 Å². The molecule has 63 heavy (non-hydrogen) atoms. The Morgan fingerprint density at radius 2 is 0.984 bits per heavy atom. The zero-order chi connectivity index (χ0) is 47.4. The van der Waals surface area contributed by atoms with Crippen LogP contribution in [0.2, 0.25) is 10.0 Å². The van der Waals surface area contributed by atoms with Gasteiger partial charge in [-0.25, -0.2) is 9.59 Å². The quantitative estimate of drug-likeness (QED) is 0.165. The summed E-state index contributed by atoms with van der Waals surface area (Å²) >= 11 is 11.9. The second-order valence-corrected chi connectivity index (χ2v) is 19.3. The number of esters is 1. The Morgan fingerprint density at radius 1 is 0.635 bits per heavy atom. The third-order valence-corrected chi connectivity index (χ3v) is 10.7. The number of methoxy groups -OCH3 is 1. The molecule has 2 aromatic rings. The number of carbonyl (C=O) groups excluding carboxylic acids is 5. The van der Waals surface area contributed by atoms with E-state index in [4.69, 9.17) is 37.4 Å². The fraction of sp³-hybridized carbons (Fsp3) is 0.600. The van der Waals surface area contributed by atoms with Crippen molar-refractivity contribution in [3.8, 4) is 0 Å². The molecule has 2 aliphatic heterocycles. The van der Waals surface area contributed by atoms with Crippen molar-refractivity contribution < 1.29 is 48.1 Å². The van der Waals surface area contributed by atoms with Gasteiger partial charge < -0.3 is 39.8 Å². The summed E-state index contributed by atoms with van der Waals surface area (Å²) in [6.45, 7) is 20.8. The summed E-state index contributed by atoms with van der Waals surface area (Å²) in [6.07, 6.45) is -1.31. The monoisotopic (exact) mass is 920 g/mol. The Labute approximate surface area is 381 Å². The van der Waals surface area contributed by atoms with E-state index in [2.05, 4.69) is 10.6 Å². The number of rotatable bonds is 12. The van der Waals surface area contributed by atoms with Gasteiger partial charge in [-0.2, -0.15) is 0 Å². The Bertz CT molecular complexity index is 1870. The molecule has 2 aliphatic rings. The number of nitrogens with zero attached hydrogens (tertiary/aromatic N) is 4. The van der Waals surface area contributed by atoms with Gasteiger partial charge in [0.15, 0.2) is 0 Å². The molecule has 0 aliphatic carbocycles. The second kappa shape index (κ2) is 23.3. The highest BCUT2D eigenvalue weighted by Crippen LogP contribution is 2.21. The fourth-order valence-electron chi connectivity index (χ4n) is 6.95. The summed E-state index contributed by atoms with van der Waals surface area (Å²) in [6, 6.07) is 11.7. The number of piperazine rings is 2. The molecule has 350 valence electrons. The smallest absolute Gasteiger partial charge is 0.408 e. The lowest BCUT2D eigenvalue weighted by Crippen LogP contribution is -2.61. The predicted molar refractivity (Wildman–Crippen MR) is 240 cm³/mol. The normalized spacial score (nSPS) is 18.4. The van der Waals surface area contributed by atoms with Gasteiger partial charge in [-0.1, -0.05) is 75.2 Å². The Hall–Kier alpha value is -4.64. The number of aliphatic carboxylic acids is 1.